The summed E-state index contributed by atoms with van der Waals surface area (Å²) in [5.41, 5.74) is 2.29. The number of nitrogens with one attached hydrogen (secondary N) is 3. The third-order valence-corrected chi connectivity index (χ3v) is 4.08. The Morgan fingerprint density at radius 1 is 1.25 bits per heavy atom. The smallest absolute Gasteiger partial charge is 0.223 e. The zero-order chi connectivity index (χ0) is 13.8. The van der Waals surface area contributed by atoms with Gasteiger partial charge in [-0.2, -0.15) is 0 Å². The molecule has 20 heavy (non-hydrogen) atoms. The first kappa shape index (κ1) is 13.2. The summed E-state index contributed by atoms with van der Waals surface area (Å²) in [6, 6.07) is 8.21. The number of H-pyrrole nitrogens is 1. The molecule has 2 aromatic rings. The van der Waals surface area contributed by atoms with Crippen LogP contribution < -0.4 is 10.6 Å². The van der Waals surface area contributed by atoms with Crippen LogP contribution in [0.15, 0.2) is 30.5 Å². The summed E-state index contributed by atoms with van der Waals surface area (Å²) >= 11 is 0. The molecule has 3 rings (SSSR count). The van der Waals surface area contributed by atoms with Gasteiger partial charge in [-0.05, 0) is 50.0 Å². The van der Waals surface area contributed by atoms with Crippen LogP contribution in [0.4, 0.5) is 0 Å². The van der Waals surface area contributed by atoms with Gasteiger partial charge in [0.2, 0.25) is 5.91 Å². The number of carbonyl (C=O) groups is 1. The number of fused-ring (bicyclic) bond motifs is 1. The topological polar surface area (TPSA) is 56.9 Å². The van der Waals surface area contributed by atoms with Crippen LogP contribution in [0.3, 0.4) is 0 Å². The molecule has 2 heterocycles. The third-order valence-electron chi connectivity index (χ3n) is 4.08. The lowest BCUT2D eigenvalue weighted by Crippen LogP contribution is -2.30. The molecule has 0 unspecified atom stereocenters. The Balaban J connectivity index is 1.63. The highest BCUT2D eigenvalue weighted by Crippen LogP contribution is 2.18. The van der Waals surface area contributed by atoms with Crippen molar-refractivity contribution in [1.82, 2.24) is 15.6 Å². The van der Waals surface area contributed by atoms with E-state index in [1.165, 1.54) is 10.9 Å². The second-order valence-electron chi connectivity index (χ2n) is 5.45. The van der Waals surface area contributed by atoms with E-state index in [1.54, 1.807) is 0 Å². The van der Waals surface area contributed by atoms with Gasteiger partial charge in [-0.3, -0.25) is 4.79 Å². The van der Waals surface area contributed by atoms with Gasteiger partial charge in [-0.15, -0.1) is 0 Å². The van der Waals surface area contributed by atoms with E-state index < -0.39 is 0 Å². The van der Waals surface area contributed by atoms with Crippen molar-refractivity contribution in [2.45, 2.75) is 25.8 Å². The molecule has 1 atom stereocenters. The lowest BCUT2D eigenvalue weighted by atomic mass is 9.99. The first-order chi connectivity index (χ1) is 9.84. The zero-order valence-electron chi connectivity index (χ0n) is 11.6. The van der Waals surface area contributed by atoms with Gasteiger partial charge in [0.1, 0.15) is 0 Å². The number of aromatic nitrogens is 1. The molecule has 1 aliphatic rings. The van der Waals surface area contributed by atoms with Crippen LogP contribution in [0.1, 0.15) is 24.8 Å². The Bertz CT molecular complexity index is 582. The quantitative estimate of drug-likeness (QED) is 0.801. The Hall–Kier alpha value is -1.81. The van der Waals surface area contributed by atoms with E-state index in [-0.39, 0.29) is 11.8 Å². The van der Waals surface area contributed by atoms with Crippen molar-refractivity contribution in [3.8, 4) is 0 Å². The number of carbonyl (C=O) groups excluding carboxylic acids is 1. The maximum absolute atomic E-state index is 12.3. The maximum Gasteiger partial charge on any atom is 0.223 e. The van der Waals surface area contributed by atoms with Gasteiger partial charge in [0.05, 0.1) is 0 Å². The fourth-order valence-corrected chi connectivity index (χ4v) is 2.91. The summed E-state index contributed by atoms with van der Waals surface area (Å²) in [5.74, 6) is 0.358. The molecule has 1 aromatic heterocycles. The van der Waals surface area contributed by atoms with Crippen molar-refractivity contribution in [3.05, 3.63) is 36.0 Å². The number of benzene rings is 1. The van der Waals surface area contributed by atoms with E-state index >= 15 is 0 Å². The number of hydrogen-bond acceptors (Lipinski definition) is 2. The minimum Gasteiger partial charge on any atom is -0.361 e. The predicted octanol–water partition coefficient (Wildman–Crippen LogP) is 2.17. The first-order valence-electron chi connectivity index (χ1n) is 7.38. The standard InChI is InChI=1S/C16H21N3O/c20-16(12-4-2-8-17-9-6-12)19-11-13-3-1-5-15-14(13)7-10-18-15/h1,3,5,7,10,12,17-18H,2,4,6,8-9,11H2,(H,19,20)/t12-/m0/s1. The molecule has 1 aliphatic heterocycles. The maximum atomic E-state index is 12.3. The highest BCUT2D eigenvalue weighted by atomic mass is 16.1. The van der Waals surface area contributed by atoms with Gasteiger partial charge < -0.3 is 15.6 Å². The highest BCUT2D eigenvalue weighted by molar-refractivity contribution is 5.84. The van der Waals surface area contributed by atoms with E-state index in [4.69, 9.17) is 0 Å². The lowest BCUT2D eigenvalue weighted by Gasteiger charge is -2.14. The van der Waals surface area contributed by atoms with Crippen molar-refractivity contribution in [2.24, 2.45) is 5.92 Å². The molecular formula is C16H21N3O. The molecule has 1 aromatic carbocycles. The molecule has 0 spiro atoms. The second kappa shape index (κ2) is 6.09. The first-order valence-corrected chi connectivity index (χ1v) is 7.38. The summed E-state index contributed by atoms with van der Waals surface area (Å²) < 4.78 is 0. The molecule has 3 N–H and O–H groups in total. The van der Waals surface area contributed by atoms with Crippen molar-refractivity contribution in [2.75, 3.05) is 13.1 Å². The van der Waals surface area contributed by atoms with Gasteiger partial charge in [-0.1, -0.05) is 12.1 Å². The Kier molecular flexibility index (Phi) is 4.02. The van der Waals surface area contributed by atoms with E-state index in [2.05, 4.69) is 33.8 Å². The number of hydrogen-bond donors (Lipinski definition) is 3. The second-order valence-corrected chi connectivity index (χ2v) is 5.45. The molecule has 0 saturated carbocycles. The van der Waals surface area contributed by atoms with Gasteiger partial charge in [0, 0.05) is 29.6 Å². The molecule has 4 nitrogen and oxygen atoms in total. The van der Waals surface area contributed by atoms with Crippen LogP contribution in [-0.4, -0.2) is 24.0 Å². The van der Waals surface area contributed by atoms with Gasteiger partial charge in [0.15, 0.2) is 0 Å². The average Bonchev–Trinajstić information content (AvgIpc) is 2.79. The molecular weight excluding hydrogens is 250 g/mol. The molecule has 4 heteroatoms. The number of aromatic amines is 1. The Morgan fingerprint density at radius 2 is 2.20 bits per heavy atom. The largest absolute Gasteiger partial charge is 0.361 e. The summed E-state index contributed by atoms with van der Waals surface area (Å²) in [6.45, 7) is 2.59. The SMILES string of the molecule is O=C(NCc1cccc2[nH]ccc12)[C@H]1CCCNCC1. The van der Waals surface area contributed by atoms with Crippen LogP contribution in [0.2, 0.25) is 0 Å². The number of rotatable bonds is 3. The third kappa shape index (κ3) is 2.85. The minimum absolute atomic E-state index is 0.162. The molecule has 106 valence electrons. The normalized spacial score (nSPS) is 19.7. The molecule has 1 fully saturated rings. The summed E-state index contributed by atoms with van der Waals surface area (Å²) in [4.78, 5) is 15.5. The van der Waals surface area contributed by atoms with Crippen molar-refractivity contribution in [3.63, 3.8) is 0 Å². The highest BCUT2D eigenvalue weighted by Gasteiger charge is 2.19. The van der Waals surface area contributed by atoms with Crippen molar-refractivity contribution in [1.29, 1.82) is 0 Å². The fraction of sp³-hybridized carbons (Fsp3) is 0.438. The lowest BCUT2D eigenvalue weighted by molar-refractivity contribution is -0.125. The molecule has 0 aliphatic carbocycles. The Labute approximate surface area is 118 Å². The van der Waals surface area contributed by atoms with E-state index in [0.717, 1.165) is 37.9 Å². The molecule has 1 amide bonds. The van der Waals surface area contributed by atoms with Crippen LogP contribution in [0.25, 0.3) is 10.9 Å². The van der Waals surface area contributed by atoms with Crippen LogP contribution in [-0.2, 0) is 11.3 Å². The van der Waals surface area contributed by atoms with E-state index in [1.807, 2.05) is 12.3 Å². The summed E-state index contributed by atoms with van der Waals surface area (Å²) in [6.07, 6.45) is 4.96. The monoisotopic (exact) mass is 271 g/mol. The van der Waals surface area contributed by atoms with E-state index in [0.29, 0.717) is 6.54 Å². The summed E-state index contributed by atoms with van der Waals surface area (Å²) in [7, 11) is 0. The van der Waals surface area contributed by atoms with Crippen LogP contribution >= 0.6 is 0 Å². The van der Waals surface area contributed by atoms with Crippen LogP contribution in [0.5, 0.6) is 0 Å². The number of amides is 1. The van der Waals surface area contributed by atoms with Gasteiger partial charge in [0.25, 0.3) is 0 Å². The van der Waals surface area contributed by atoms with Crippen molar-refractivity contribution < 1.29 is 4.79 Å². The minimum atomic E-state index is 0.162. The molecule has 0 bridgehead atoms. The fourth-order valence-electron chi connectivity index (χ4n) is 2.91. The van der Waals surface area contributed by atoms with Crippen molar-refractivity contribution >= 4 is 16.8 Å². The predicted molar refractivity (Wildman–Crippen MR) is 80.4 cm³/mol. The zero-order valence-corrected chi connectivity index (χ0v) is 11.6. The Morgan fingerprint density at radius 3 is 3.15 bits per heavy atom. The van der Waals surface area contributed by atoms with Gasteiger partial charge >= 0.3 is 0 Å². The van der Waals surface area contributed by atoms with Crippen LogP contribution in [0, 0.1) is 5.92 Å². The van der Waals surface area contributed by atoms with Gasteiger partial charge in [-0.25, -0.2) is 0 Å². The summed E-state index contributed by atoms with van der Waals surface area (Å²) in [5, 5.41) is 7.63. The van der Waals surface area contributed by atoms with E-state index in [9.17, 15) is 4.79 Å². The molecule has 0 radical (unpaired) electrons. The molecule has 1 saturated heterocycles. The average molecular weight is 271 g/mol.